The van der Waals surface area contributed by atoms with E-state index in [2.05, 4.69) is 182 Å². The SMILES string of the molecule is Br.COC(=O)COC1=C([PH](c2ccccc2)(c2ccccc2)c2ccccc2)CCC1.COC(=O)COC1=C([PH](c2ccccc2)(c2ccccc2)c2ccccc2)CCC1. The first-order valence-electron chi connectivity index (χ1n) is 20.7. The van der Waals surface area contributed by atoms with Crippen LogP contribution in [0, 0.1) is 0 Å². The summed E-state index contributed by atoms with van der Waals surface area (Å²) in [6.07, 6.45) is 5.73. The molecule has 6 aromatic rings. The number of allylic oxidation sites excluding steroid dienone is 4. The van der Waals surface area contributed by atoms with Crippen LogP contribution in [0.4, 0.5) is 0 Å². The Morgan fingerprint density at radius 3 is 0.836 bits per heavy atom. The second-order valence-electron chi connectivity index (χ2n) is 14.9. The van der Waals surface area contributed by atoms with Gasteiger partial charge in [0, 0.05) is 0 Å². The van der Waals surface area contributed by atoms with Crippen LogP contribution < -0.4 is 31.8 Å². The Morgan fingerprint density at radius 1 is 0.393 bits per heavy atom. The molecular formula is C52H55BrO6P2. The molecule has 9 heteroatoms. The van der Waals surface area contributed by atoms with Gasteiger partial charge in [-0.05, 0) is 0 Å². The summed E-state index contributed by atoms with van der Waals surface area (Å²) in [6.45, 7) is -0.0869. The fourth-order valence-electron chi connectivity index (χ4n) is 9.13. The maximum absolute atomic E-state index is 11.8. The predicted molar refractivity (Wildman–Crippen MR) is 261 cm³/mol. The Hall–Kier alpha value is -5.32. The van der Waals surface area contributed by atoms with E-state index in [0.717, 1.165) is 50.0 Å². The van der Waals surface area contributed by atoms with Crippen molar-refractivity contribution in [2.75, 3.05) is 27.4 Å². The summed E-state index contributed by atoms with van der Waals surface area (Å²) in [5, 5.41) is 10.7. The van der Waals surface area contributed by atoms with E-state index in [1.165, 1.54) is 56.7 Å². The summed E-state index contributed by atoms with van der Waals surface area (Å²) >= 11 is 0. The molecule has 61 heavy (non-hydrogen) atoms. The van der Waals surface area contributed by atoms with E-state index in [-0.39, 0.29) is 42.1 Å². The number of esters is 2. The van der Waals surface area contributed by atoms with Crippen molar-refractivity contribution in [3.8, 4) is 0 Å². The van der Waals surface area contributed by atoms with Gasteiger partial charge in [-0.1, -0.05) is 0 Å². The van der Waals surface area contributed by atoms with E-state index in [1.807, 2.05) is 0 Å². The summed E-state index contributed by atoms with van der Waals surface area (Å²) in [7, 11) is -2.28. The normalized spacial score (nSPS) is 14.2. The molecule has 0 saturated carbocycles. The van der Waals surface area contributed by atoms with Crippen molar-refractivity contribution in [2.45, 2.75) is 38.5 Å². The van der Waals surface area contributed by atoms with Crippen LogP contribution in [0.5, 0.6) is 0 Å². The van der Waals surface area contributed by atoms with Gasteiger partial charge in [0.1, 0.15) is 0 Å². The van der Waals surface area contributed by atoms with Crippen molar-refractivity contribution in [1.82, 2.24) is 0 Å². The van der Waals surface area contributed by atoms with Crippen molar-refractivity contribution < 1.29 is 28.5 Å². The Balaban J connectivity index is 0.000000201. The van der Waals surface area contributed by atoms with Crippen molar-refractivity contribution >= 4 is 75.3 Å². The van der Waals surface area contributed by atoms with Crippen molar-refractivity contribution in [3.63, 3.8) is 0 Å². The molecule has 0 N–H and O–H groups in total. The molecule has 316 valence electrons. The second kappa shape index (κ2) is 22.0. The van der Waals surface area contributed by atoms with Gasteiger partial charge >= 0.3 is 357 Å². The average molecular weight is 918 g/mol. The summed E-state index contributed by atoms with van der Waals surface area (Å²) in [6, 6.07) is 64.8. The molecule has 8 rings (SSSR count). The molecule has 0 unspecified atom stereocenters. The van der Waals surface area contributed by atoms with E-state index in [4.69, 9.17) is 18.9 Å². The van der Waals surface area contributed by atoms with E-state index in [1.54, 1.807) is 0 Å². The quantitative estimate of drug-likeness (QED) is 0.0803. The number of ether oxygens (including phenoxy) is 4. The third-order valence-corrected chi connectivity index (χ3v) is 21.7. The number of methoxy groups -OCH3 is 2. The minimum atomic E-state index is -2.53. The molecular weight excluding hydrogens is 862 g/mol. The van der Waals surface area contributed by atoms with Crippen molar-refractivity contribution in [1.29, 1.82) is 0 Å². The van der Waals surface area contributed by atoms with Crippen molar-refractivity contribution in [2.24, 2.45) is 0 Å². The molecule has 6 nitrogen and oxygen atoms in total. The first kappa shape index (κ1) is 45.2. The standard InChI is InChI=1S/2C26H27O3P.BrH/c2*1-28-26(27)20-29-24-18-11-19-25(24)30(21-12-5-2-6-13-21,22-14-7-3-8-15-22)23-16-9-4-10-17-23;/h2*2-10,12-17,30H,11,18-20H2,1H3;1H. The molecule has 0 heterocycles. The Labute approximate surface area is 372 Å². The van der Waals surface area contributed by atoms with Gasteiger partial charge in [-0.15, -0.1) is 17.0 Å². The zero-order valence-corrected chi connectivity index (χ0v) is 38.5. The van der Waals surface area contributed by atoms with Crippen LogP contribution in [0.3, 0.4) is 0 Å². The van der Waals surface area contributed by atoms with Gasteiger partial charge < -0.3 is 0 Å². The monoisotopic (exact) mass is 916 g/mol. The summed E-state index contributed by atoms with van der Waals surface area (Å²) in [4.78, 5) is 23.6. The Morgan fingerprint density at radius 2 is 0.623 bits per heavy atom. The van der Waals surface area contributed by atoms with Gasteiger partial charge in [0.15, 0.2) is 0 Å². The first-order valence-corrected chi connectivity index (χ1v) is 24.7. The molecule has 2 aliphatic rings. The predicted octanol–water partition coefficient (Wildman–Crippen LogP) is 9.17. The van der Waals surface area contributed by atoms with Gasteiger partial charge in [-0.3, -0.25) is 0 Å². The second-order valence-corrected chi connectivity index (χ2v) is 22.6. The number of halogens is 1. The molecule has 0 aliphatic heterocycles. The third kappa shape index (κ3) is 9.76. The summed E-state index contributed by atoms with van der Waals surface area (Å²) < 4.78 is 21.8. The zero-order chi connectivity index (χ0) is 41.6. The average Bonchev–Trinajstić information content (AvgIpc) is 4.01. The van der Waals surface area contributed by atoms with Gasteiger partial charge in [-0.2, -0.15) is 0 Å². The van der Waals surface area contributed by atoms with Crippen LogP contribution in [0.2, 0.25) is 0 Å². The molecule has 2 aliphatic carbocycles. The molecule has 6 aromatic carbocycles. The number of carbonyl (C=O) groups excluding carboxylic acids is 2. The van der Waals surface area contributed by atoms with Gasteiger partial charge in [0.2, 0.25) is 0 Å². The van der Waals surface area contributed by atoms with Crippen LogP contribution in [0.15, 0.2) is 204 Å². The molecule has 0 saturated heterocycles. The number of hydrogen-bond donors (Lipinski definition) is 0. The third-order valence-electron chi connectivity index (χ3n) is 11.7. The van der Waals surface area contributed by atoms with Crippen LogP contribution >= 0.6 is 31.5 Å². The fourth-order valence-corrected chi connectivity index (χ4v) is 19.7. The van der Waals surface area contributed by atoms with Crippen LogP contribution in [0.25, 0.3) is 0 Å². The molecule has 0 atom stereocenters. The van der Waals surface area contributed by atoms with Gasteiger partial charge in [0.25, 0.3) is 0 Å². The van der Waals surface area contributed by atoms with Crippen LogP contribution in [-0.2, 0) is 28.5 Å². The number of hydrogen-bond acceptors (Lipinski definition) is 6. The molecule has 0 radical (unpaired) electrons. The van der Waals surface area contributed by atoms with E-state index >= 15 is 0 Å². The minimum absolute atomic E-state index is 0. The van der Waals surface area contributed by atoms with Crippen LogP contribution in [-0.4, -0.2) is 39.4 Å². The molecule has 0 bridgehead atoms. The van der Waals surface area contributed by atoms with E-state index in [0.29, 0.717) is 0 Å². The number of rotatable bonds is 14. The van der Waals surface area contributed by atoms with E-state index in [9.17, 15) is 9.59 Å². The summed E-state index contributed by atoms with van der Waals surface area (Å²) in [5.74, 6) is 1.23. The fraction of sp³-hybridized carbons (Fsp3) is 0.192. The molecule has 0 amide bonds. The molecule has 0 aromatic heterocycles. The first-order chi connectivity index (χ1) is 29.5. The Kier molecular flexibility index (Phi) is 16.3. The Bertz CT molecular complexity index is 2010. The topological polar surface area (TPSA) is 71.1 Å². The number of carbonyl (C=O) groups is 2. The van der Waals surface area contributed by atoms with Gasteiger partial charge in [0.05, 0.1) is 0 Å². The zero-order valence-electron chi connectivity index (χ0n) is 34.8. The van der Waals surface area contributed by atoms with Crippen molar-refractivity contribution in [3.05, 3.63) is 204 Å². The summed E-state index contributed by atoms with van der Waals surface area (Å²) in [5.41, 5.74) is 0. The van der Waals surface area contributed by atoms with Gasteiger partial charge in [-0.25, -0.2) is 0 Å². The van der Waals surface area contributed by atoms with E-state index < -0.39 is 14.5 Å². The maximum atomic E-state index is 11.8. The van der Waals surface area contributed by atoms with Crippen LogP contribution in [0.1, 0.15) is 38.5 Å². The molecule has 0 fully saturated rings. The molecule has 0 spiro atoms. The number of benzene rings is 6.